The van der Waals surface area contributed by atoms with Crippen LogP contribution >= 0.6 is 23.5 Å². The fourth-order valence-electron chi connectivity index (χ4n) is 3.16. The van der Waals surface area contributed by atoms with Crippen molar-refractivity contribution in [2.45, 2.75) is 36.4 Å². The number of β-lactam (4-membered cyclic amide) rings is 1. The Bertz CT molecular complexity index is 821. The number of carbonyl (C=O) groups is 4. The summed E-state index contributed by atoms with van der Waals surface area (Å²) < 4.78 is 5.34. The number of nitrogens with zero attached hydrogens (tertiary/aromatic N) is 1. The molecule has 1 unspecified atom stereocenters. The molecule has 1 fully saturated rings. The quantitative estimate of drug-likeness (QED) is 0.0998. The fourth-order valence-corrected chi connectivity index (χ4v) is 5.43. The van der Waals surface area contributed by atoms with Crippen LogP contribution in [0.1, 0.15) is 19.3 Å². The smallest absolute Gasteiger partial charge is 0.352 e. The summed E-state index contributed by atoms with van der Waals surface area (Å²) in [7, 11) is 2.83. The van der Waals surface area contributed by atoms with Crippen LogP contribution in [0.25, 0.3) is 0 Å². The molecule has 3 atom stereocenters. The lowest BCUT2D eigenvalue weighted by Gasteiger charge is -2.55. The third-order valence-corrected chi connectivity index (χ3v) is 7.17. The molecule has 7 N–H and O–H groups in total. The Labute approximate surface area is 186 Å². The van der Waals surface area contributed by atoms with Crippen molar-refractivity contribution in [1.82, 2.24) is 15.5 Å². The zero-order chi connectivity index (χ0) is 23.3. The second kappa shape index (κ2) is 10.3. The van der Waals surface area contributed by atoms with Gasteiger partial charge in [-0.2, -0.15) is 0 Å². The molecule has 12 nitrogen and oxygen atoms in total. The van der Waals surface area contributed by atoms with Crippen molar-refractivity contribution in [3.05, 3.63) is 11.3 Å². The average molecular weight is 476 g/mol. The van der Waals surface area contributed by atoms with Crippen LogP contribution in [0.15, 0.2) is 11.3 Å². The lowest BCUT2D eigenvalue weighted by atomic mass is 9.98. The predicted molar refractivity (Wildman–Crippen MR) is 114 cm³/mol. The standard InChI is InChI=1S/C17H25N5O7S2/c1-20-16(19)31-7-8-6-30-15-17(29-2,14(28)22(15)11(8)13(26)27)21-10(23)5-3-4-9(18)12(24)25/h9,15H,3-7,18H2,1-2H3,(H2,19,20)(H,21,23)(H,24,25)(H,26,27)/t9?,15-,17-/m0/s1. The lowest BCUT2D eigenvalue weighted by Crippen LogP contribution is -2.80. The summed E-state index contributed by atoms with van der Waals surface area (Å²) in [6, 6.07) is -1.08. The third kappa shape index (κ3) is 5.14. The van der Waals surface area contributed by atoms with E-state index in [4.69, 9.17) is 21.0 Å². The second-order valence-electron chi connectivity index (χ2n) is 6.79. The Hall–Kier alpha value is -2.29. The number of rotatable bonds is 10. The van der Waals surface area contributed by atoms with E-state index < -0.39 is 40.9 Å². The first-order valence-electron chi connectivity index (χ1n) is 9.23. The molecule has 2 amide bonds. The van der Waals surface area contributed by atoms with E-state index in [-0.39, 0.29) is 41.6 Å². The summed E-state index contributed by atoms with van der Waals surface area (Å²) in [5.74, 6) is -3.16. The van der Waals surface area contributed by atoms with Crippen LogP contribution in [0, 0.1) is 5.41 Å². The normalized spacial score (nSPS) is 23.5. The minimum atomic E-state index is -1.70. The Morgan fingerprint density at radius 1 is 1.45 bits per heavy atom. The minimum absolute atomic E-state index is 0.0631. The van der Waals surface area contributed by atoms with Crippen molar-refractivity contribution >= 4 is 52.4 Å². The first kappa shape index (κ1) is 25.0. The molecule has 14 heteroatoms. The molecule has 31 heavy (non-hydrogen) atoms. The van der Waals surface area contributed by atoms with Gasteiger partial charge in [-0.05, 0) is 18.4 Å². The first-order chi connectivity index (χ1) is 14.6. The number of hydrogen-bond acceptors (Lipinski definition) is 9. The molecule has 0 saturated carbocycles. The van der Waals surface area contributed by atoms with Crippen molar-refractivity contribution in [2.24, 2.45) is 5.73 Å². The van der Waals surface area contributed by atoms with E-state index in [0.717, 1.165) is 16.7 Å². The minimum Gasteiger partial charge on any atom is -0.480 e. The van der Waals surface area contributed by atoms with Gasteiger partial charge in [-0.15, -0.1) is 11.8 Å². The number of thioether (sulfide) groups is 2. The monoisotopic (exact) mass is 475 g/mol. The number of methoxy groups -OCH3 is 1. The molecule has 0 bridgehead atoms. The lowest BCUT2D eigenvalue weighted by molar-refractivity contribution is -0.192. The number of carboxylic acid groups (broad SMARTS) is 2. The van der Waals surface area contributed by atoms with E-state index in [1.54, 1.807) is 7.05 Å². The molecule has 2 heterocycles. The van der Waals surface area contributed by atoms with Crippen LogP contribution < -0.4 is 16.4 Å². The Kier molecular flexibility index (Phi) is 8.34. The number of ether oxygens (including phenoxy) is 1. The number of hydrogen-bond donors (Lipinski definition) is 6. The molecule has 0 aliphatic carbocycles. The van der Waals surface area contributed by atoms with Gasteiger partial charge >= 0.3 is 11.9 Å². The van der Waals surface area contributed by atoms with Gasteiger partial charge in [0.25, 0.3) is 11.6 Å². The largest absolute Gasteiger partial charge is 0.480 e. The van der Waals surface area contributed by atoms with E-state index in [2.05, 4.69) is 10.6 Å². The highest BCUT2D eigenvalue weighted by molar-refractivity contribution is 8.13. The molecule has 2 aliphatic rings. The molecule has 1 saturated heterocycles. The number of carboxylic acids is 2. The molecule has 2 aliphatic heterocycles. The fraction of sp³-hybridized carbons (Fsp3) is 0.588. The Balaban J connectivity index is 2.11. The van der Waals surface area contributed by atoms with Gasteiger partial charge in [0.05, 0.1) is 0 Å². The maximum Gasteiger partial charge on any atom is 0.352 e. The van der Waals surface area contributed by atoms with Gasteiger partial charge in [0.1, 0.15) is 17.1 Å². The average Bonchev–Trinajstić information content (AvgIpc) is 2.74. The third-order valence-electron chi connectivity index (χ3n) is 4.81. The predicted octanol–water partition coefficient (Wildman–Crippen LogP) is -0.831. The van der Waals surface area contributed by atoms with E-state index >= 15 is 0 Å². The number of aliphatic carboxylic acids is 2. The maximum absolute atomic E-state index is 12.9. The second-order valence-corrected chi connectivity index (χ2v) is 8.84. The molecular weight excluding hydrogens is 450 g/mol. The number of amidine groups is 1. The van der Waals surface area contributed by atoms with Gasteiger partial charge in [0.2, 0.25) is 5.91 Å². The highest BCUT2D eigenvalue weighted by Crippen LogP contribution is 2.47. The molecule has 0 radical (unpaired) electrons. The number of carbonyl (C=O) groups excluding carboxylic acids is 2. The summed E-state index contributed by atoms with van der Waals surface area (Å²) >= 11 is 2.36. The van der Waals surface area contributed by atoms with Gasteiger partial charge < -0.3 is 31.3 Å². The van der Waals surface area contributed by atoms with E-state index in [0.29, 0.717) is 5.57 Å². The molecule has 0 spiro atoms. The Morgan fingerprint density at radius 2 is 2.13 bits per heavy atom. The van der Waals surface area contributed by atoms with Crippen molar-refractivity contribution in [3.8, 4) is 0 Å². The highest BCUT2D eigenvalue weighted by Gasteiger charge is 2.66. The number of nitrogens with one attached hydrogen (secondary N) is 3. The zero-order valence-electron chi connectivity index (χ0n) is 17.0. The van der Waals surface area contributed by atoms with Crippen LogP contribution in [0.5, 0.6) is 0 Å². The van der Waals surface area contributed by atoms with Gasteiger partial charge in [-0.3, -0.25) is 24.7 Å². The molecule has 172 valence electrons. The summed E-state index contributed by atoms with van der Waals surface area (Å²) in [5.41, 5.74) is 4.04. The van der Waals surface area contributed by atoms with Gasteiger partial charge in [-0.1, -0.05) is 11.8 Å². The maximum atomic E-state index is 12.9. The summed E-state index contributed by atoms with van der Waals surface area (Å²) in [5, 5.41) is 30.7. The van der Waals surface area contributed by atoms with Crippen molar-refractivity contribution in [2.75, 3.05) is 25.7 Å². The number of nitrogens with two attached hydrogens (primary N) is 1. The molecule has 0 aromatic carbocycles. The van der Waals surface area contributed by atoms with Crippen LogP contribution in [0.3, 0.4) is 0 Å². The zero-order valence-corrected chi connectivity index (χ0v) is 18.6. The summed E-state index contributed by atoms with van der Waals surface area (Å²) in [6.07, 6.45) is 0.232. The van der Waals surface area contributed by atoms with Gasteiger partial charge in [0.15, 0.2) is 5.17 Å². The van der Waals surface area contributed by atoms with E-state index in [1.165, 1.54) is 18.9 Å². The molecule has 2 rings (SSSR count). The van der Waals surface area contributed by atoms with Crippen molar-refractivity contribution in [3.63, 3.8) is 0 Å². The topological polar surface area (TPSA) is 195 Å². The van der Waals surface area contributed by atoms with Gasteiger partial charge in [-0.25, -0.2) is 4.79 Å². The van der Waals surface area contributed by atoms with Crippen LogP contribution in [0.4, 0.5) is 0 Å². The van der Waals surface area contributed by atoms with Crippen LogP contribution in [-0.4, -0.2) is 86.8 Å². The van der Waals surface area contributed by atoms with Crippen LogP contribution in [0.2, 0.25) is 0 Å². The first-order valence-corrected chi connectivity index (χ1v) is 11.3. The summed E-state index contributed by atoms with van der Waals surface area (Å²) in [4.78, 5) is 49.0. The molecular formula is C17H25N5O7S2. The van der Waals surface area contributed by atoms with Crippen molar-refractivity contribution in [1.29, 1.82) is 5.41 Å². The highest BCUT2D eigenvalue weighted by atomic mass is 32.2. The van der Waals surface area contributed by atoms with Crippen LogP contribution in [-0.2, 0) is 23.9 Å². The Morgan fingerprint density at radius 3 is 2.68 bits per heavy atom. The van der Waals surface area contributed by atoms with E-state index in [9.17, 15) is 24.3 Å². The van der Waals surface area contributed by atoms with Crippen molar-refractivity contribution < 1.29 is 34.1 Å². The molecule has 0 aromatic heterocycles. The van der Waals surface area contributed by atoms with Gasteiger partial charge in [0, 0.05) is 32.1 Å². The number of fused-ring (bicyclic) bond motifs is 1. The molecule has 0 aromatic rings. The SMILES string of the molecule is CNC(=N)SCC1=C(C(=O)O)N2C(=O)[C@](NC(=O)CCCC(N)C(=O)O)(OC)[C@@H]2SC1. The summed E-state index contributed by atoms with van der Waals surface area (Å²) in [6.45, 7) is 0. The van der Waals surface area contributed by atoms with E-state index in [1.807, 2.05) is 0 Å². The number of amides is 2.